The number of carbonyl (C=O) groups excluding carboxylic acids is 1. The Kier molecular flexibility index (Phi) is 7.16. The molecule has 204 valence electrons. The van der Waals surface area contributed by atoms with E-state index < -0.39 is 23.9 Å². The van der Waals surface area contributed by atoms with Crippen molar-refractivity contribution < 1.29 is 23.1 Å². The van der Waals surface area contributed by atoms with Crippen molar-refractivity contribution in [3.63, 3.8) is 0 Å². The molecular formula is C30H33FN4O4. The minimum atomic E-state index is -0.647. The summed E-state index contributed by atoms with van der Waals surface area (Å²) in [6.45, 7) is 4.77. The molecule has 0 unspecified atom stereocenters. The molecular weight excluding hydrogens is 499 g/mol. The number of fused-ring (bicyclic) bond motifs is 1. The van der Waals surface area contributed by atoms with Crippen LogP contribution in [-0.4, -0.2) is 42.0 Å². The van der Waals surface area contributed by atoms with Gasteiger partial charge in [0.15, 0.2) is 0 Å². The summed E-state index contributed by atoms with van der Waals surface area (Å²) in [6.07, 6.45) is 2.27. The smallest absolute Gasteiger partial charge is 0.408 e. The van der Waals surface area contributed by atoms with E-state index in [4.69, 9.17) is 13.9 Å². The van der Waals surface area contributed by atoms with Crippen LogP contribution >= 0.6 is 0 Å². The van der Waals surface area contributed by atoms with E-state index in [0.717, 1.165) is 41.5 Å². The second-order valence-electron chi connectivity index (χ2n) is 10.6. The number of alkyl carbamates (subject to hydrolysis) is 1. The van der Waals surface area contributed by atoms with Crippen molar-refractivity contribution >= 4 is 23.1 Å². The number of furan rings is 1. The predicted molar refractivity (Wildman–Crippen MR) is 149 cm³/mol. The number of halogens is 1. The Balaban J connectivity index is 1.58. The predicted octanol–water partition coefficient (Wildman–Crippen LogP) is 6.85. The zero-order chi connectivity index (χ0) is 27.6. The Labute approximate surface area is 226 Å². The molecule has 0 atom stereocenters. The van der Waals surface area contributed by atoms with Gasteiger partial charge in [0.2, 0.25) is 17.5 Å². The summed E-state index contributed by atoms with van der Waals surface area (Å²) < 4.78 is 30.6. The molecule has 9 heteroatoms. The number of amides is 1. The number of carbonyl (C=O) groups is 1. The first-order valence-electron chi connectivity index (χ1n) is 13.1. The monoisotopic (exact) mass is 532 g/mol. The van der Waals surface area contributed by atoms with Gasteiger partial charge in [-0.15, -0.1) is 0 Å². The molecule has 1 amide bonds. The largest absolute Gasteiger partial charge is 0.474 e. The van der Waals surface area contributed by atoms with Gasteiger partial charge in [0.25, 0.3) is 0 Å². The number of hydrogen-bond acceptors (Lipinski definition) is 7. The summed E-state index contributed by atoms with van der Waals surface area (Å²) in [7, 11) is 1.70. The van der Waals surface area contributed by atoms with Crippen molar-refractivity contribution in [3.8, 4) is 28.3 Å². The fourth-order valence-electron chi connectivity index (χ4n) is 4.86. The lowest BCUT2D eigenvalue weighted by molar-refractivity contribution is 0.0377. The van der Waals surface area contributed by atoms with Crippen molar-refractivity contribution in [2.45, 2.75) is 51.2 Å². The average Bonchev–Trinajstić information content (AvgIpc) is 3.28. The number of ether oxygens (including phenoxy) is 2. The zero-order valence-corrected chi connectivity index (χ0v) is 22.6. The van der Waals surface area contributed by atoms with Crippen LogP contribution in [0.3, 0.4) is 0 Å². The molecule has 1 aliphatic rings. The molecule has 0 saturated heterocycles. The first-order valence-corrected chi connectivity index (χ1v) is 13.1. The molecule has 2 N–H and O–H groups in total. The normalized spacial score (nSPS) is 14.5. The second-order valence-corrected chi connectivity index (χ2v) is 10.6. The van der Waals surface area contributed by atoms with Crippen LogP contribution in [-0.2, 0) is 10.3 Å². The lowest BCUT2D eigenvalue weighted by atomic mass is 9.71. The van der Waals surface area contributed by atoms with Crippen molar-refractivity contribution in [2.24, 2.45) is 0 Å². The molecule has 4 aromatic rings. The molecule has 5 rings (SSSR count). The van der Waals surface area contributed by atoms with Gasteiger partial charge in [0.05, 0.1) is 5.54 Å². The van der Waals surface area contributed by atoms with Crippen molar-refractivity contribution in [1.29, 1.82) is 0 Å². The number of aromatic nitrogens is 2. The van der Waals surface area contributed by atoms with Crippen LogP contribution in [0, 0.1) is 0 Å². The lowest BCUT2D eigenvalue weighted by Gasteiger charge is -2.43. The molecule has 2 heterocycles. The molecule has 2 aromatic carbocycles. The third-order valence-electron chi connectivity index (χ3n) is 6.77. The summed E-state index contributed by atoms with van der Waals surface area (Å²) in [6, 6.07) is 17.7. The number of hydrogen-bond donors (Lipinski definition) is 2. The number of benzene rings is 2. The number of nitrogens with zero attached hydrogens (tertiary/aromatic N) is 2. The molecule has 39 heavy (non-hydrogen) atoms. The molecule has 8 nitrogen and oxygen atoms in total. The summed E-state index contributed by atoms with van der Waals surface area (Å²) >= 11 is 0. The zero-order valence-electron chi connectivity index (χ0n) is 22.6. The Bertz CT molecular complexity index is 1460. The quantitative estimate of drug-likeness (QED) is 0.256. The third kappa shape index (κ3) is 5.39. The van der Waals surface area contributed by atoms with Crippen LogP contribution in [0.4, 0.5) is 15.1 Å². The fourth-order valence-corrected chi connectivity index (χ4v) is 4.86. The van der Waals surface area contributed by atoms with Gasteiger partial charge in [0, 0.05) is 18.2 Å². The maximum atomic E-state index is 13.0. The standard InChI is InChI=1S/C30H33FN4O4/c1-29(2,3)39-28(36)35-30(15-8-16-30)21-13-11-20(12-14-21)24-22(19-9-6-5-7-10-19)23-25(37-18-17-31)33-27(32-4)34-26(23)38-24/h5-7,9-14H,8,15-18H2,1-4H3,(H,35,36)(H,32,33,34). The van der Waals surface area contributed by atoms with Crippen LogP contribution in [0.15, 0.2) is 59.0 Å². The number of anilines is 1. The van der Waals surface area contributed by atoms with Crippen LogP contribution in [0.1, 0.15) is 45.6 Å². The maximum absolute atomic E-state index is 13.0. The van der Waals surface area contributed by atoms with Gasteiger partial charge in [0.1, 0.15) is 30.0 Å². The second kappa shape index (κ2) is 10.6. The number of nitrogens with one attached hydrogen (secondary N) is 2. The number of alkyl halides is 1. The van der Waals surface area contributed by atoms with Crippen LogP contribution in [0.25, 0.3) is 33.6 Å². The first kappa shape index (κ1) is 26.5. The summed E-state index contributed by atoms with van der Waals surface area (Å²) in [4.78, 5) is 21.5. The highest BCUT2D eigenvalue weighted by Crippen LogP contribution is 2.46. The third-order valence-corrected chi connectivity index (χ3v) is 6.77. The molecule has 0 spiro atoms. The van der Waals surface area contributed by atoms with Gasteiger partial charge in [-0.25, -0.2) is 9.18 Å². The topological polar surface area (TPSA) is 98.5 Å². The van der Waals surface area contributed by atoms with Gasteiger partial charge in [-0.2, -0.15) is 9.97 Å². The Morgan fingerprint density at radius 3 is 2.36 bits per heavy atom. The maximum Gasteiger partial charge on any atom is 0.408 e. The molecule has 0 aliphatic heterocycles. The summed E-state index contributed by atoms with van der Waals surface area (Å²) in [5.41, 5.74) is 2.79. The van der Waals surface area contributed by atoms with Crippen LogP contribution < -0.4 is 15.4 Å². The highest BCUT2D eigenvalue weighted by atomic mass is 19.1. The van der Waals surface area contributed by atoms with Crippen LogP contribution in [0.2, 0.25) is 0 Å². The van der Waals surface area contributed by atoms with Crippen molar-refractivity contribution in [3.05, 3.63) is 60.2 Å². The summed E-state index contributed by atoms with van der Waals surface area (Å²) in [5.74, 6) is 1.16. The van der Waals surface area contributed by atoms with Gasteiger partial charge < -0.3 is 24.5 Å². The Morgan fingerprint density at radius 1 is 1.05 bits per heavy atom. The van der Waals surface area contributed by atoms with Crippen LogP contribution in [0.5, 0.6) is 5.88 Å². The average molecular weight is 533 g/mol. The van der Waals surface area contributed by atoms with Gasteiger partial charge >= 0.3 is 6.09 Å². The highest BCUT2D eigenvalue weighted by Gasteiger charge is 2.41. The number of rotatable bonds is 8. The van der Waals surface area contributed by atoms with E-state index in [1.165, 1.54) is 0 Å². The molecule has 1 saturated carbocycles. The molecule has 0 radical (unpaired) electrons. The molecule has 1 aliphatic carbocycles. The van der Waals surface area contributed by atoms with E-state index in [1.807, 2.05) is 75.4 Å². The molecule has 1 fully saturated rings. The van der Waals surface area contributed by atoms with Crippen molar-refractivity contribution in [2.75, 3.05) is 25.6 Å². The van der Waals surface area contributed by atoms with E-state index in [2.05, 4.69) is 20.6 Å². The Hall–Kier alpha value is -4.14. The van der Waals surface area contributed by atoms with E-state index in [0.29, 0.717) is 22.8 Å². The fraction of sp³-hybridized carbons (Fsp3) is 0.367. The van der Waals surface area contributed by atoms with Gasteiger partial charge in [-0.3, -0.25) is 0 Å². The highest BCUT2D eigenvalue weighted by molar-refractivity contribution is 6.03. The Morgan fingerprint density at radius 2 is 1.77 bits per heavy atom. The minimum absolute atomic E-state index is 0.133. The molecule has 2 aromatic heterocycles. The lowest BCUT2D eigenvalue weighted by Crippen LogP contribution is -2.52. The van der Waals surface area contributed by atoms with E-state index in [1.54, 1.807) is 7.05 Å². The SMILES string of the molecule is CNc1nc(OCCF)c2c(-c3ccccc3)c(-c3ccc(C4(NC(=O)OC(C)(C)C)CCC4)cc3)oc2n1. The summed E-state index contributed by atoms with van der Waals surface area (Å²) in [5, 5.41) is 6.59. The first-order chi connectivity index (χ1) is 18.7. The van der Waals surface area contributed by atoms with Gasteiger partial charge in [-0.1, -0.05) is 54.6 Å². The van der Waals surface area contributed by atoms with E-state index in [9.17, 15) is 9.18 Å². The van der Waals surface area contributed by atoms with E-state index >= 15 is 0 Å². The van der Waals surface area contributed by atoms with Gasteiger partial charge in [-0.05, 0) is 51.2 Å². The van der Waals surface area contributed by atoms with Crippen molar-refractivity contribution in [1.82, 2.24) is 15.3 Å². The minimum Gasteiger partial charge on any atom is -0.474 e. The molecule has 0 bridgehead atoms. The van der Waals surface area contributed by atoms with E-state index in [-0.39, 0.29) is 12.5 Å².